The van der Waals surface area contributed by atoms with Gasteiger partial charge in [0.05, 0.1) is 22.0 Å². The first-order valence-corrected chi connectivity index (χ1v) is 23.2. The average molecular weight is 918 g/mol. The Kier molecular flexibility index (Phi) is 9.26. The first-order valence-electron chi connectivity index (χ1n) is 21.1. The van der Waals surface area contributed by atoms with Gasteiger partial charge in [-0.1, -0.05) is 200 Å². The summed E-state index contributed by atoms with van der Waals surface area (Å²) in [6.07, 6.45) is 0. The maximum Gasteiger partial charge on any atom is 0.161 e. The molecule has 0 fully saturated rings. The lowest BCUT2D eigenvalue weighted by molar-refractivity contribution is 0.673. The number of benzene rings is 9. The number of pyridine rings is 1. The highest BCUT2D eigenvalue weighted by Gasteiger charge is 2.21. The Morgan fingerprint density at radius 3 is 1.62 bits per heavy atom. The van der Waals surface area contributed by atoms with Crippen molar-refractivity contribution < 1.29 is 4.42 Å². The Morgan fingerprint density at radius 2 is 0.905 bits per heavy atom. The summed E-state index contributed by atoms with van der Waals surface area (Å²) < 4.78 is 8.88. The zero-order chi connectivity index (χ0) is 41.7. The van der Waals surface area contributed by atoms with Crippen LogP contribution >= 0.6 is 20.7 Å². The molecule has 0 atom stereocenters. The Balaban J connectivity index is 0.919. The number of hydrogen-bond acceptors (Lipinski definition) is 4. The van der Waals surface area contributed by atoms with Crippen molar-refractivity contribution in [3.8, 4) is 44.6 Å². The summed E-state index contributed by atoms with van der Waals surface area (Å²) in [5.41, 5.74) is 14.8. The Bertz CT molecular complexity index is 3540. The number of rotatable bonds is 7. The van der Waals surface area contributed by atoms with Crippen molar-refractivity contribution in [2.45, 2.75) is 0 Å². The van der Waals surface area contributed by atoms with Crippen LogP contribution in [0.4, 0.5) is 0 Å². The van der Waals surface area contributed by atoms with Crippen LogP contribution in [0.3, 0.4) is 0 Å². The van der Waals surface area contributed by atoms with Crippen molar-refractivity contribution in [2.24, 2.45) is 9.98 Å². The van der Waals surface area contributed by atoms with Crippen molar-refractivity contribution in [1.29, 1.82) is 0 Å². The SMILES string of the molecule is c1ccc(-c2ccc(C3=NC(c4ccc(-c5ccccc5)cc4)=IC(c4ccc(-c5cccc(-c6nc7ccc8ccccc8c7c7oc8ccccc8c67)c5)cc4)=N3)cc2)cc1. The van der Waals surface area contributed by atoms with E-state index >= 15 is 0 Å². The van der Waals surface area contributed by atoms with Crippen LogP contribution in [-0.2, 0) is 0 Å². The molecule has 4 nitrogen and oxygen atoms in total. The molecule has 2 aromatic heterocycles. The molecule has 0 spiro atoms. The second-order valence-electron chi connectivity index (χ2n) is 15.7. The van der Waals surface area contributed by atoms with E-state index < -0.39 is 20.7 Å². The first-order chi connectivity index (χ1) is 31.2. The molecule has 1 aliphatic heterocycles. The van der Waals surface area contributed by atoms with Gasteiger partial charge in [-0.05, 0) is 83.1 Å². The van der Waals surface area contributed by atoms with Gasteiger partial charge in [-0.2, -0.15) is 0 Å². The third-order valence-corrected chi connectivity index (χ3v) is 14.6. The zero-order valence-corrected chi connectivity index (χ0v) is 36.1. The molecule has 1 aliphatic rings. The minimum absolute atomic E-state index is 0.695. The fourth-order valence-corrected chi connectivity index (χ4v) is 11.2. The van der Waals surface area contributed by atoms with E-state index in [-0.39, 0.29) is 0 Å². The van der Waals surface area contributed by atoms with Crippen LogP contribution in [0.15, 0.2) is 233 Å². The second-order valence-corrected chi connectivity index (χ2v) is 18.3. The molecule has 0 saturated carbocycles. The van der Waals surface area contributed by atoms with Gasteiger partial charge in [0, 0.05) is 27.6 Å². The lowest BCUT2D eigenvalue weighted by Crippen LogP contribution is -2.11. The van der Waals surface area contributed by atoms with Crippen molar-refractivity contribution >= 4 is 77.5 Å². The highest BCUT2D eigenvalue weighted by atomic mass is 127. The number of aromatic nitrogens is 1. The monoisotopic (exact) mass is 917 g/mol. The fraction of sp³-hybridized carbons (Fsp3) is 0. The van der Waals surface area contributed by atoms with Gasteiger partial charge in [0.15, 0.2) is 5.84 Å². The number of amidine groups is 1. The number of furan rings is 1. The van der Waals surface area contributed by atoms with Crippen LogP contribution in [0.25, 0.3) is 88.3 Å². The topological polar surface area (TPSA) is 50.8 Å². The standard InChI is InChI=1S/C58H36IN3O/c1-3-12-37(13-4-1)39-22-28-43(29-23-39)56-59-57(62-58(61-56)45-32-26-40(27-33-45)38-14-5-2-6-15-38)44-30-24-41(25-31-44)46-17-11-18-47(36-46)54-53-49-20-9-10-21-51(49)63-55(53)52-48-19-8-7-16-42(48)34-35-50(52)60-54/h1-36H. The average Bonchev–Trinajstić information content (AvgIpc) is 3.76. The summed E-state index contributed by atoms with van der Waals surface area (Å²) >= 11 is -0.695. The van der Waals surface area contributed by atoms with Gasteiger partial charge in [-0.25, -0.2) is 15.0 Å². The van der Waals surface area contributed by atoms with Gasteiger partial charge in [-0.15, -0.1) is 0 Å². The van der Waals surface area contributed by atoms with Gasteiger partial charge in [0.25, 0.3) is 0 Å². The predicted molar refractivity (Wildman–Crippen MR) is 272 cm³/mol. The third-order valence-electron chi connectivity index (χ3n) is 11.9. The molecule has 9 aromatic carbocycles. The summed E-state index contributed by atoms with van der Waals surface area (Å²) in [4.78, 5) is 15.9. The van der Waals surface area contributed by atoms with Crippen LogP contribution in [0.5, 0.6) is 0 Å². The zero-order valence-electron chi connectivity index (χ0n) is 33.9. The van der Waals surface area contributed by atoms with Crippen molar-refractivity contribution in [3.63, 3.8) is 0 Å². The maximum atomic E-state index is 6.68. The summed E-state index contributed by atoms with van der Waals surface area (Å²) in [5.74, 6) is 0.739. The second kappa shape index (κ2) is 15.7. The molecule has 0 N–H and O–H groups in total. The number of fused-ring (bicyclic) bond motifs is 7. The lowest BCUT2D eigenvalue weighted by Gasteiger charge is -2.14. The van der Waals surface area contributed by atoms with E-state index in [2.05, 4.69) is 200 Å². The third kappa shape index (κ3) is 6.87. The molecular weight excluding hydrogens is 882 g/mol. The maximum absolute atomic E-state index is 6.68. The Labute approximate surface area is 374 Å². The summed E-state index contributed by atoms with van der Waals surface area (Å²) in [6.45, 7) is 0. The normalized spacial score (nSPS) is 12.9. The van der Waals surface area contributed by atoms with Crippen LogP contribution < -0.4 is 0 Å². The molecule has 5 heteroatoms. The quantitative estimate of drug-likeness (QED) is 0.118. The van der Waals surface area contributed by atoms with E-state index in [0.29, 0.717) is 0 Å². The van der Waals surface area contributed by atoms with E-state index in [1.807, 2.05) is 18.2 Å². The van der Waals surface area contributed by atoms with Gasteiger partial charge < -0.3 is 4.42 Å². The summed E-state index contributed by atoms with van der Waals surface area (Å²) in [5, 5.41) is 5.46. The van der Waals surface area contributed by atoms with Gasteiger partial charge in [-0.3, -0.25) is 0 Å². The number of nitrogens with zero attached hydrogens (tertiary/aromatic N) is 3. The molecule has 12 rings (SSSR count). The number of halogens is 1. The minimum Gasteiger partial charge on any atom is -0.455 e. The highest BCUT2D eigenvalue weighted by Crippen LogP contribution is 2.42. The Hall–Kier alpha value is -7.61. The van der Waals surface area contributed by atoms with E-state index in [9.17, 15) is 0 Å². The molecule has 0 saturated heterocycles. The summed E-state index contributed by atoms with van der Waals surface area (Å²) in [6, 6.07) is 77.1. The smallest absolute Gasteiger partial charge is 0.161 e. The number of hydrogen-bond donors (Lipinski definition) is 0. The Morgan fingerprint density at radius 1 is 0.365 bits per heavy atom. The molecule has 11 aromatic rings. The number of aliphatic imine (C=N–C) groups is 2. The largest absolute Gasteiger partial charge is 0.455 e. The van der Waals surface area contributed by atoms with E-state index in [4.69, 9.17) is 19.4 Å². The minimum atomic E-state index is -0.695. The van der Waals surface area contributed by atoms with Crippen LogP contribution in [-0.4, -0.2) is 18.2 Å². The molecule has 0 amide bonds. The molecular formula is C58H36IN3O. The van der Waals surface area contributed by atoms with E-state index in [1.54, 1.807) is 0 Å². The van der Waals surface area contributed by atoms with Crippen molar-refractivity contribution in [2.75, 3.05) is 0 Å². The van der Waals surface area contributed by atoms with E-state index in [1.165, 1.54) is 27.6 Å². The molecule has 0 aliphatic carbocycles. The fourth-order valence-electron chi connectivity index (χ4n) is 8.66. The highest BCUT2D eigenvalue weighted by molar-refractivity contribution is 14.2. The molecule has 296 valence electrons. The first kappa shape index (κ1) is 37.2. The number of para-hydroxylation sites is 1. The molecule has 0 bridgehead atoms. The van der Waals surface area contributed by atoms with Crippen LogP contribution in [0.1, 0.15) is 16.7 Å². The molecule has 3 heterocycles. The molecule has 63 heavy (non-hydrogen) atoms. The van der Waals surface area contributed by atoms with E-state index in [0.717, 1.165) is 90.5 Å². The van der Waals surface area contributed by atoms with Gasteiger partial charge >= 0.3 is 0 Å². The van der Waals surface area contributed by atoms with Crippen molar-refractivity contribution in [3.05, 3.63) is 235 Å². The van der Waals surface area contributed by atoms with Crippen LogP contribution in [0.2, 0.25) is 0 Å². The van der Waals surface area contributed by atoms with Gasteiger partial charge in [0.2, 0.25) is 0 Å². The molecule has 0 unspecified atom stereocenters. The van der Waals surface area contributed by atoms with Crippen LogP contribution in [0, 0.1) is 0 Å². The summed E-state index contributed by atoms with van der Waals surface area (Å²) in [7, 11) is 0. The lowest BCUT2D eigenvalue weighted by atomic mass is 9.96. The molecule has 0 radical (unpaired) electrons. The predicted octanol–water partition coefficient (Wildman–Crippen LogP) is 15.3. The van der Waals surface area contributed by atoms with Crippen molar-refractivity contribution in [1.82, 2.24) is 4.98 Å². The van der Waals surface area contributed by atoms with Gasteiger partial charge in [0.1, 0.15) is 18.5 Å².